The largest absolute Gasteiger partial charge is 0.481 e. The van der Waals surface area contributed by atoms with E-state index in [1.165, 1.54) is 90.4 Å². The highest BCUT2D eigenvalue weighted by molar-refractivity contribution is 5.66. The summed E-state index contributed by atoms with van der Waals surface area (Å²) in [5.74, 6) is -0.950. The molecule has 0 heterocycles. The number of rotatable bonds is 21. The Labute approximate surface area is 192 Å². The summed E-state index contributed by atoms with van der Waals surface area (Å²) in [5.41, 5.74) is 0. The maximum Gasteiger partial charge on any atom is 0.304 e. The Bertz CT molecular complexity index is 384. The molecule has 0 aromatic carbocycles. The molecule has 0 amide bonds. The van der Waals surface area contributed by atoms with Crippen LogP contribution < -0.4 is 0 Å². The van der Waals surface area contributed by atoms with Gasteiger partial charge in [-0.15, -0.1) is 0 Å². The predicted molar refractivity (Wildman–Crippen MR) is 129 cm³/mol. The molecule has 5 nitrogen and oxygen atoms in total. The van der Waals surface area contributed by atoms with Crippen LogP contribution in [0.3, 0.4) is 0 Å². The van der Waals surface area contributed by atoms with Gasteiger partial charge >= 0.3 is 11.9 Å². The van der Waals surface area contributed by atoms with E-state index in [1.54, 1.807) is 6.92 Å². The quantitative estimate of drug-likeness (QED) is 0.110. The number of carboxylic acid groups (broad SMARTS) is 1. The Morgan fingerprint density at radius 2 is 1.06 bits per heavy atom. The highest BCUT2D eigenvalue weighted by Crippen LogP contribution is 2.13. The molecule has 0 saturated heterocycles. The second-order valence-corrected chi connectivity index (χ2v) is 8.49. The minimum atomic E-state index is -0.653. The van der Waals surface area contributed by atoms with Crippen LogP contribution in [0.25, 0.3) is 0 Å². The van der Waals surface area contributed by atoms with Crippen molar-refractivity contribution in [2.24, 2.45) is 0 Å². The van der Waals surface area contributed by atoms with E-state index in [0.717, 1.165) is 25.7 Å². The molecule has 0 aromatic heterocycles. The number of aliphatic carboxylic acids is 1. The van der Waals surface area contributed by atoms with Crippen LogP contribution in [0.5, 0.6) is 0 Å². The topological polar surface area (TPSA) is 72.8 Å². The average Bonchev–Trinajstić information content (AvgIpc) is 2.71. The molecule has 0 aliphatic heterocycles. The number of hydrogen-bond acceptors (Lipinski definition) is 4. The van der Waals surface area contributed by atoms with E-state index in [1.807, 2.05) is 0 Å². The molecule has 1 unspecified atom stereocenters. The van der Waals surface area contributed by atoms with Crippen molar-refractivity contribution in [3.8, 4) is 0 Å². The molecule has 0 bridgehead atoms. The second-order valence-electron chi connectivity index (χ2n) is 8.49. The lowest BCUT2D eigenvalue weighted by molar-refractivity contribution is -0.172. The molecule has 1 atom stereocenters. The molecule has 0 rings (SSSR count). The first kappa shape index (κ1) is 32.1. The van der Waals surface area contributed by atoms with Crippen molar-refractivity contribution >= 4 is 11.9 Å². The van der Waals surface area contributed by atoms with E-state index < -0.39 is 12.3 Å². The number of ether oxygens (including phenoxy) is 2. The van der Waals surface area contributed by atoms with Crippen LogP contribution in [0.2, 0.25) is 0 Å². The lowest BCUT2D eigenvalue weighted by Gasteiger charge is -2.11. The molecule has 31 heavy (non-hydrogen) atoms. The smallest absolute Gasteiger partial charge is 0.304 e. The first-order chi connectivity index (χ1) is 14.9. The van der Waals surface area contributed by atoms with Crippen molar-refractivity contribution in [3.05, 3.63) is 0 Å². The number of carbonyl (C=O) groups excluding carboxylic acids is 1. The Kier molecular flexibility index (Phi) is 27.9. The lowest BCUT2D eigenvalue weighted by atomic mass is 10.0. The van der Waals surface area contributed by atoms with Gasteiger partial charge in [0.25, 0.3) is 0 Å². The molecule has 0 spiro atoms. The van der Waals surface area contributed by atoms with Crippen LogP contribution in [0.4, 0.5) is 0 Å². The summed E-state index contributed by atoms with van der Waals surface area (Å²) in [5, 5.41) is 8.52. The van der Waals surface area contributed by atoms with Crippen LogP contribution in [0.15, 0.2) is 0 Å². The monoisotopic (exact) mass is 444 g/mol. The van der Waals surface area contributed by atoms with Crippen molar-refractivity contribution in [1.82, 2.24) is 0 Å². The van der Waals surface area contributed by atoms with Crippen molar-refractivity contribution < 1.29 is 24.2 Å². The summed E-state index contributed by atoms with van der Waals surface area (Å²) >= 11 is 0. The van der Waals surface area contributed by atoms with Gasteiger partial charge in [-0.1, -0.05) is 110 Å². The molecular weight excluding hydrogens is 392 g/mol. The minimum Gasteiger partial charge on any atom is -0.481 e. The third kappa shape index (κ3) is 33.7. The van der Waals surface area contributed by atoms with Crippen molar-refractivity contribution in [3.63, 3.8) is 0 Å². The summed E-state index contributed by atoms with van der Waals surface area (Å²) in [6.07, 6.45) is 21.9. The fraction of sp³-hybridized carbons (Fsp3) is 0.923. The van der Waals surface area contributed by atoms with Crippen molar-refractivity contribution in [1.29, 1.82) is 0 Å². The van der Waals surface area contributed by atoms with Crippen molar-refractivity contribution in [2.75, 3.05) is 6.61 Å². The summed E-state index contributed by atoms with van der Waals surface area (Å²) in [6, 6.07) is 0. The number of esters is 1. The van der Waals surface area contributed by atoms with E-state index in [9.17, 15) is 9.59 Å². The standard InChI is InChI=1S/C18H36O2.C8H16O3/c1-2-3-4-5-6-7-8-9-10-11-12-13-14-15-16-17-18(19)20;1-4-5-6-10-8(3)11-7(2)9/h2-17H2,1H3,(H,19,20);8H,4-6H2,1-3H3. The Balaban J connectivity index is 0. The summed E-state index contributed by atoms with van der Waals surface area (Å²) in [4.78, 5) is 20.7. The Morgan fingerprint density at radius 3 is 1.42 bits per heavy atom. The van der Waals surface area contributed by atoms with Crippen LogP contribution in [0.1, 0.15) is 143 Å². The van der Waals surface area contributed by atoms with Gasteiger partial charge in [0.2, 0.25) is 0 Å². The molecule has 186 valence electrons. The molecule has 0 aliphatic rings. The van der Waals surface area contributed by atoms with Gasteiger partial charge in [-0.05, 0) is 19.8 Å². The molecular formula is C26H52O5. The predicted octanol–water partition coefficient (Wildman–Crippen LogP) is 8.04. The van der Waals surface area contributed by atoms with Gasteiger partial charge in [-0.25, -0.2) is 0 Å². The first-order valence-corrected chi connectivity index (χ1v) is 12.9. The number of carbonyl (C=O) groups is 2. The lowest BCUT2D eigenvalue weighted by Crippen LogP contribution is -2.16. The third-order valence-electron chi connectivity index (χ3n) is 5.18. The summed E-state index contributed by atoms with van der Waals surface area (Å²) < 4.78 is 9.89. The molecule has 0 radical (unpaired) electrons. The fourth-order valence-electron chi connectivity index (χ4n) is 3.31. The van der Waals surface area contributed by atoms with Gasteiger partial charge in [-0.3, -0.25) is 9.59 Å². The van der Waals surface area contributed by atoms with Crippen LogP contribution in [-0.2, 0) is 19.1 Å². The minimum absolute atomic E-state index is 0.297. The third-order valence-corrected chi connectivity index (χ3v) is 5.18. The van der Waals surface area contributed by atoms with E-state index >= 15 is 0 Å². The maximum atomic E-state index is 10.4. The number of carboxylic acids is 1. The van der Waals surface area contributed by atoms with E-state index in [2.05, 4.69) is 13.8 Å². The Morgan fingerprint density at radius 1 is 0.677 bits per heavy atom. The highest BCUT2D eigenvalue weighted by Gasteiger charge is 2.03. The normalized spacial score (nSPS) is 11.5. The molecule has 1 N–H and O–H groups in total. The number of hydrogen-bond donors (Lipinski definition) is 1. The zero-order chi connectivity index (χ0) is 23.6. The molecule has 5 heteroatoms. The Hall–Kier alpha value is -1.10. The van der Waals surface area contributed by atoms with Crippen LogP contribution in [0, 0.1) is 0 Å². The maximum absolute atomic E-state index is 10.4. The SMILES string of the molecule is CCCCCCCCCCCCCCCCCC(=O)O.CCCCOC(C)OC(C)=O. The first-order valence-electron chi connectivity index (χ1n) is 12.9. The molecule has 0 aliphatic carbocycles. The van der Waals surface area contributed by atoms with E-state index in [-0.39, 0.29) is 5.97 Å². The highest BCUT2D eigenvalue weighted by atomic mass is 16.7. The van der Waals surface area contributed by atoms with E-state index in [0.29, 0.717) is 13.0 Å². The fourth-order valence-corrected chi connectivity index (χ4v) is 3.31. The number of unbranched alkanes of at least 4 members (excludes halogenated alkanes) is 15. The molecule has 0 saturated carbocycles. The second kappa shape index (κ2) is 26.9. The zero-order valence-corrected chi connectivity index (χ0v) is 21.1. The van der Waals surface area contributed by atoms with Gasteiger partial charge < -0.3 is 14.6 Å². The molecule has 0 fully saturated rings. The van der Waals surface area contributed by atoms with E-state index in [4.69, 9.17) is 14.6 Å². The van der Waals surface area contributed by atoms with Gasteiger partial charge in [0.1, 0.15) is 0 Å². The van der Waals surface area contributed by atoms with Crippen LogP contribution in [-0.4, -0.2) is 29.9 Å². The van der Waals surface area contributed by atoms with Gasteiger partial charge in [0, 0.05) is 13.3 Å². The summed E-state index contributed by atoms with van der Waals surface area (Å²) in [6.45, 7) is 8.10. The van der Waals surface area contributed by atoms with Gasteiger partial charge in [-0.2, -0.15) is 0 Å². The van der Waals surface area contributed by atoms with Crippen molar-refractivity contribution in [2.45, 2.75) is 150 Å². The molecule has 0 aromatic rings. The zero-order valence-electron chi connectivity index (χ0n) is 21.1. The summed E-state index contributed by atoms with van der Waals surface area (Å²) in [7, 11) is 0. The van der Waals surface area contributed by atoms with Crippen LogP contribution >= 0.6 is 0 Å². The average molecular weight is 445 g/mol. The van der Waals surface area contributed by atoms with Gasteiger partial charge in [0.15, 0.2) is 6.29 Å². The van der Waals surface area contributed by atoms with Gasteiger partial charge in [0.05, 0.1) is 6.61 Å².